The first-order chi connectivity index (χ1) is 11.8. The predicted molar refractivity (Wildman–Crippen MR) is 93.0 cm³/mol. The van der Waals surface area contributed by atoms with Gasteiger partial charge in [0.15, 0.2) is 0 Å². The molecule has 1 fully saturated rings. The van der Waals surface area contributed by atoms with E-state index in [2.05, 4.69) is 26.3 Å². The second-order valence-corrected chi connectivity index (χ2v) is 5.93. The highest BCUT2D eigenvalue weighted by Gasteiger charge is 2.27. The van der Waals surface area contributed by atoms with E-state index in [-0.39, 0.29) is 6.61 Å². The van der Waals surface area contributed by atoms with Crippen molar-refractivity contribution in [1.29, 1.82) is 0 Å². The average Bonchev–Trinajstić information content (AvgIpc) is 3.08. The second kappa shape index (κ2) is 8.08. The molecule has 128 valence electrons. The van der Waals surface area contributed by atoms with E-state index in [0.29, 0.717) is 12.6 Å². The van der Waals surface area contributed by atoms with Gasteiger partial charge in [0.1, 0.15) is 18.2 Å². The van der Waals surface area contributed by atoms with Gasteiger partial charge in [-0.2, -0.15) is 0 Å². The fourth-order valence-electron chi connectivity index (χ4n) is 3.14. The van der Waals surface area contributed by atoms with Crippen molar-refractivity contribution in [2.24, 2.45) is 0 Å². The van der Waals surface area contributed by atoms with Crippen LogP contribution in [0.2, 0.25) is 0 Å². The average molecular weight is 328 g/mol. The number of ether oxygens (including phenoxy) is 1. The third-order valence-electron chi connectivity index (χ3n) is 4.26. The molecule has 2 N–H and O–H groups in total. The number of aliphatic hydroxyl groups excluding tert-OH is 1. The Morgan fingerprint density at radius 2 is 2.29 bits per heavy atom. The molecule has 0 spiro atoms. The lowest BCUT2D eigenvalue weighted by Crippen LogP contribution is -2.23. The first kappa shape index (κ1) is 16.7. The van der Waals surface area contributed by atoms with E-state index in [4.69, 9.17) is 9.84 Å². The number of likely N-dealkylation sites (tertiary alicyclic amines) is 1. The van der Waals surface area contributed by atoms with Gasteiger partial charge in [-0.3, -0.25) is 9.88 Å². The number of aromatic nitrogens is 2. The molecule has 0 bridgehead atoms. The normalized spacial score (nSPS) is 17.8. The summed E-state index contributed by atoms with van der Waals surface area (Å²) in [7, 11) is 1.86. The number of anilines is 1. The number of benzene rings is 1. The first-order valence-corrected chi connectivity index (χ1v) is 8.36. The molecule has 1 saturated heterocycles. The van der Waals surface area contributed by atoms with Gasteiger partial charge in [0.25, 0.3) is 0 Å². The van der Waals surface area contributed by atoms with Crippen LogP contribution in [0.5, 0.6) is 5.75 Å². The Morgan fingerprint density at radius 3 is 3.12 bits per heavy atom. The summed E-state index contributed by atoms with van der Waals surface area (Å²) < 4.78 is 5.50. The van der Waals surface area contributed by atoms with Gasteiger partial charge in [-0.05, 0) is 37.1 Å². The minimum atomic E-state index is 0.0267. The summed E-state index contributed by atoms with van der Waals surface area (Å²) in [4.78, 5) is 11.4. The summed E-state index contributed by atoms with van der Waals surface area (Å²) in [6.45, 7) is 2.26. The largest absolute Gasteiger partial charge is 0.491 e. The van der Waals surface area contributed by atoms with Crippen molar-refractivity contribution in [2.45, 2.75) is 25.4 Å². The van der Waals surface area contributed by atoms with E-state index in [1.54, 1.807) is 6.20 Å². The Morgan fingerprint density at radius 1 is 1.38 bits per heavy atom. The monoisotopic (exact) mass is 328 g/mol. The van der Waals surface area contributed by atoms with Crippen LogP contribution in [0.15, 0.2) is 36.7 Å². The zero-order chi connectivity index (χ0) is 16.8. The van der Waals surface area contributed by atoms with Gasteiger partial charge < -0.3 is 15.2 Å². The summed E-state index contributed by atoms with van der Waals surface area (Å²) in [5.41, 5.74) is 2.22. The van der Waals surface area contributed by atoms with E-state index in [0.717, 1.165) is 43.2 Å². The lowest BCUT2D eigenvalue weighted by atomic mass is 10.1. The smallest absolute Gasteiger partial charge is 0.144 e. The Hall–Kier alpha value is -2.18. The molecule has 1 aromatic carbocycles. The summed E-state index contributed by atoms with van der Waals surface area (Å²) in [6, 6.07) is 8.36. The zero-order valence-corrected chi connectivity index (χ0v) is 14.0. The van der Waals surface area contributed by atoms with E-state index < -0.39 is 0 Å². The fourth-order valence-corrected chi connectivity index (χ4v) is 3.14. The molecule has 1 aliphatic heterocycles. The molecule has 1 aromatic heterocycles. The summed E-state index contributed by atoms with van der Waals surface area (Å²) in [5, 5.41) is 11.9. The maximum Gasteiger partial charge on any atom is 0.144 e. The topological polar surface area (TPSA) is 70.5 Å². The van der Waals surface area contributed by atoms with Crippen LogP contribution < -0.4 is 10.1 Å². The Bertz CT molecular complexity index is 665. The summed E-state index contributed by atoms with van der Waals surface area (Å²) >= 11 is 0. The van der Waals surface area contributed by atoms with Gasteiger partial charge in [0, 0.05) is 13.6 Å². The third-order valence-corrected chi connectivity index (χ3v) is 4.26. The number of hydrogen-bond donors (Lipinski definition) is 2. The molecular formula is C18H24N4O2. The maximum absolute atomic E-state index is 8.88. The number of nitrogens with zero attached hydrogens (tertiary/aromatic N) is 3. The third kappa shape index (κ3) is 4.01. The Kier molecular flexibility index (Phi) is 5.61. The predicted octanol–water partition coefficient (Wildman–Crippen LogP) is 2.23. The molecular weight excluding hydrogens is 304 g/mol. The molecule has 2 heterocycles. The lowest BCUT2D eigenvalue weighted by Gasteiger charge is -2.24. The van der Waals surface area contributed by atoms with Gasteiger partial charge in [-0.15, -0.1) is 0 Å². The molecule has 3 rings (SSSR count). The van der Waals surface area contributed by atoms with Crippen molar-refractivity contribution in [3.63, 3.8) is 0 Å². The number of nitrogens with one attached hydrogen (secondary N) is 1. The van der Waals surface area contributed by atoms with Crippen LogP contribution in [0.1, 0.15) is 30.1 Å². The first-order valence-electron chi connectivity index (χ1n) is 8.36. The standard InChI is InChI=1S/C18H24N4O2/c1-19-18-12-20-11-16(21-18)17-6-3-7-22(17)13-14-4-2-5-15(10-14)24-9-8-23/h2,4-5,10-12,17,23H,3,6-9,13H2,1H3,(H,19,21)/t17-/m1/s1. The van der Waals surface area contributed by atoms with Crippen LogP contribution >= 0.6 is 0 Å². The van der Waals surface area contributed by atoms with Crippen molar-refractivity contribution < 1.29 is 9.84 Å². The van der Waals surface area contributed by atoms with Gasteiger partial charge in [-0.25, -0.2) is 4.98 Å². The van der Waals surface area contributed by atoms with Crippen molar-refractivity contribution in [2.75, 3.05) is 32.1 Å². The molecule has 1 atom stereocenters. The van der Waals surface area contributed by atoms with Crippen molar-refractivity contribution in [1.82, 2.24) is 14.9 Å². The van der Waals surface area contributed by atoms with E-state index in [1.807, 2.05) is 31.4 Å². The van der Waals surface area contributed by atoms with Crippen molar-refractivity contribution >= 4 is 5.82 Å². The van der Waals surface area contributed by atoms with Gasteiger partial charge in [0.2, 0.25) is 0 Å². The van der Waals surface area contributed by atoms with Gasteiger partial charge >= 0.3 is 0 Å². The molecule has 24 heavy (non-hydrogen) atoms. The quantitative estimate of drug-likeness (QED) is 0.812. The summed E-state index contributed by atoms with van der Waals surface area (Å²) in [5.74, 6) is 1.60. The minimum Gasteiger partial charge on any atom is -0.491 e. The Labute approximate surface area is 142 Å². The molecule has 6 heteroatoms. The molecule has 0 aliphatic carbocycles. The van der Waals surface area contributed by atoms with Crippen molar-refractivity contribution in [3.05, 3.63) is 47.9 Å². The van der Waals surface area contributed by atoms with Crippen LogP contribution in [-0.4, -0.2) is 46.8 Å². The molecule has 0 amide bonds. The Balaban J connectivity index is 1.71. The number of hydrogen-bond acceptors (Lipinski definition) is 6. The molecule has 1 aliphatic rings. The zero-order valence-electron chi connectivity index (χ0n) is 14.0. The van der Waals surface area contributed by atoms with E-state index in [9.17, 15) is 0 Å². The van der Waals surface area contributed by atoms with Crippen molar-refractivity contribution in [3.8, 4) is 5.75 Å². The molecule has 6 nitrogen and oxygen atoms in total. The van der Waals surface area contributed by atoms with Gasteiger partial charge in [-0.1, -0.05) is 12.1 Å². The van der Waals surface area contributed by atoms with Crippen LogP contribution in [-0.2, 0) is 6.54 Å². The van der Waals surface area contributed by atoms with Crippen LogP contribution in [0.3, 0.4) is 0 Å². The molecule has 0 saturated carbocycles. The van der Waals surface area contributed by atoms with Crippen LogP contribution in [0.4, 0.5) is 5.82 Å². The van der Waals surface area contributed by atoms with Crippen LogP contribution in [0, 0.1) is 0 Å². The van der Waals surface area contributed by atoms with E-state index in [1.165, 1.54) is 5.56 Å². The lowest BCUT2D eigenvalue weighted by molar-refractivity contribution is 0.200. The van der Waals surface area contributed by atoms with E-state index >= 15 is 0 Å². The molecule has 0 unspecified atom stereocenters. The number of rotatable bonds is 7. The molecule has 0 radical (unpaired) electrons. The second-order valence-electron chi connectivity index (χ2n) is 5.93. The highest BCUT2D eigenvalue weighted by atomic mass is 16.5. The highest BCUT2D eigenvalue weighted by Crippen LogP contribution is 2.32. The van der Waals surface area contributed by atoms with Gasteiger partial charge in [0.05, 0.1) is 30.7 Å². The fraction of sp³-hybridized carbons (Fsp3) is 0.444. The SMILES string of the molecule is CNc1cncc([C@H]2CCCN2Cc2cccc(OCCO)c2)n1. The van der Waals surface area contributed by atoms with Crippen LogP contribution in [0.25, 0.3) is 0 Å². The summed E-state index contributed by atoms with van der Waals surface area (Å²) in [6.07, 6.45) is 5.87. The minimum absolute atomic E-state index is 0.0267. The molecule has 2 aromatic rings. The number of aliphatic hydroxyl groups is 1. The highest BCUT2D eigenvalue weighted by molar-refractivity contribution is 5.32. The maximum atomic E-state index is 8.88.